The van der Waals surface area contributed by atoms with Crippen molar-refractivity contribution in [3.8, 4) is 5.75 Å². The van der Waals surface area contributed by atoms with Crippen molar-refractivity contribution in [1.29, 1.82) is 0 Å². The van der Waals surface area contributed by atoms with Crippen LogP contribution in [0.15, 0.2) is 12.1 Å². The van der Waals surface area contributed by atoms with Crippen molar-refractivity contribution in [3.63, 3.8) is 0 Å². The maximum Gasteiger partial charge on any atom is 0.258 e. The van der Waals surface area contributed by atoms with E-state index in [2.05, 4.69) is 12.2 Å². The van der Waals surface area contributed by atoms with E-state index >= 15 is 0 Å². The van der Waals surface area contributed by atoms with Crippen molar-refractivity contribution < 1.29 is 14.3 Å². The number of rotatable bonds is 5. The van der Waals surface area contributed by atoms with E-state index in [0.717, 1.165) is 23.8 Å². The molecule has 1 aromatic rings. The van der Waals surface area contributed by atoms with Crippen LogP contribution in [-0.4, -0.2) is 24.8 Å². The van der Waals surface area contributed by atoms with E-state index in [4.69, 9.17) is 4.74 Å². The third-order valence-corrected chi connectivity index (χ3v) is 4.42. The minimum Gasteiger partial charge on any atom is -0.483 e. The zero-order valence-corrected chi connectivity index (χ0v) is 13.6. The lowest BCUT2D eigenvalue weighted by atomic mass is 9.86. The van der Waals surface area contributed by atoms with Crippen LogP contribution in [0.3, 0.4) is 0 Å². The smallest absolute Gasteiger partial charge is 0.258 e. The van der Waals surface area contributed by atoms with Crippen LogP contribution in [0.25, 0.3) is 0 Å². The van der Waals surface area contributed by atoms with Gasteiger partial charge in [-0.2, -0.15) is 0 Å². The number of amides is 1. The topological polar surface area (TPSA) is 55.4 Å². The highest BCUT2D eigenvalue weighted by Crippen LogP contribution is 2.25. The number of carbonyl (C=O) groups is 2. The van der Waals surface area contributed by atoms with E-state index in [-0.39, 0.29) is 18.6 Å². The molecule has 1 aliphatic carbocycles. The second kappa shape index (κ2) is 7.43. The van der Waals surface area contributed by atoms with Gasteiger partial charge in [0.1, 0.15) is 12.0 Å². The lowest BCUT2D eigenvalue weighted by Crippen LogP contribution is -2.43. The van der Waals surface area contributed by atoms with E-state index in [9.17, 15) is 9.59 Å². The molecule has 1 saturated carbocycles. The van der Waals surface area contributed by atoms with Crippen LogP contribution in [0.4, 0.5) is 0 Å². The predicted octanol–water partition coefficient (Wildman–Crippen LogP) is 3.19. The van der Waals surface area contributed by atoms with Gasteiger partial charge >= 0.3 is 0 Å². The molecule has 0 aromatic heterocycles. The van der Waals surface area contributed by atoms with Crippen molar-refractivity contribution in [2.75, 3.05) is 6.61 Å². The molecule has 0 saturated heterocycles. The molecule has 0 spiro atoms. The van der Waals surface area contributed by atoms with Crippen LogP contribution in [0, 0.1) is 19.8 Å². The highest BCUT2D eigenvalue weighted by atomic mass is 16.5. The molecule has 1 aromatic carbocycles. The number of aldehydes is 1. The Labute approximate surface area is 132 Å². The van der Waals surface area contributed by atoms with Crippen LogP contribution in [0.1, 0.15) is 54.1 Å². The SMILES string of the molecule is Cc1cc(C=O)cc(C)c1OCC(=O)N[C@@H]1CCCC[C@H]1C. The number of benzene rings is 1. The Morgan fingerprint density at radius 2 is 1.91 bits per heavy atom. The summed E-state index contributed by atoms with van der Waals surface area (Å²) in [7, 11) is 0. The lowest BCUT2D eigenvalue weighted by Gasteiger charge is -2.29. The van der Waals surface area contributed by atoms with Crippen molar-refractivity contribution in [1.82, 2.24) is 5.32 Å². The van der Waals surface area contributed by atoms with Crippen LogP contribution in [0.5, 0.6) is 5.75 Å². The van der Waals surface area contributed by atoms with E-state index in [1.807, 2.05) is 13.8 Å². The van der Waals surface area contributed by atoms with Crippen LogP contribution < -0.4 is 10.1 Å². The zero-order valence-electron chi connectivity index (χ0n) is 13.6. The van der Waals surface area contributed by atoms with E-state index in [1.165, 1.54) is 19.3 Å². The fraction of sp³-hybridized carbons (Fsp3) is 0.556. The Morgan fingerprint density at radius 3 is 2.50 bits per heavy atom. The van der Waals surface area contributed by atoms with E-state index in [1.54, 1.807) is 12.1 Å². The Bertz CT molecular complexity index is 530. The summed E-state index contributed by atoms with van der Waals surface area (Å²) < 4.78 is 5.68. The second-order valence-electron chi connectivity index (χ2n) is 6.33. The van der Waals surface area contributed by atoms with Crippen molar-refractivity contribution in [2.24, 2.45) is 5.92 Å². The number of nitrogens with one attached hydrogen (secondary N) is 1. The molecule has 22 heavy (non-hydrogen) atoms. The molecule has 2 rings (SSSR count). The molecule has 0 heterocycles. The average molecular weight is 303 g/mol. The first kappa shape index (κ1) is 16.5. The Hall–Kier alpha value is -1.84. The summed E-state index contributed by atoms with van der Waals surface area (Å²) >= 11 is 0. The Morgan fingerprint density at radius 1 is 1.27 bits per heavy atom. The quantitative estimate of drug-likeness (QED) is 0.850. The standard InChI is InChI=1S/C18H25NO3/c1-12-6-4-5-7-16(12)19-17(21)11-22-18-13(2)8-15(10-20)9-14(18)3/h8-10,12,16H,4-7,11H2,1-3H3,(H,19,21)/t12-,16-/m1/s1. The van der Waals surface area contributed by atoms with Gasteiger partial charge in [-0.1, -0.05) is 19.8 Å². The normalized spacial score (nSPS) is 21.2. The molecular weight excluding hydrogens is 278 g/mol. The summed E-state index contributed by atoms with van der Waals surface area (Å²) in [6.07, 6.45) is 5.49. The van der Waals surface area contributed by atoms with Crippen LogP contribution >= 0.6 is 0 Å². The highest BCUT2D eigenvalue weighted by Gasteiger charge is 2.23. The van der Waals surface area contributed by atoms with Crippen molar-refractivity contribution >= 4 is 12.2 Å². The molecular formula is C18H25NO3. The number of hydrogen-bond acceptors (Lipinski definition) is 3. The number of ether oxygens (including phenoxy) is 1. The Balaban J connectivity index is 1.92. The largest absolute Gasteiger partial charge is 0.483 e. The van der Waals surface area contributed by atoms with Gasteiger partial charge in [-0.15, -0.1) is 0 Å². The van der Waals surface area contributed by atoms with Gasteiger partial charge < -0.3 is 10.1 Å². The molecule has 2 atom stereocenters. The lowest BCUT2D eigenvalue weighted by molar-refractivity contribution is -0.124. The van der Waals surface area contributed by atoms with Gasteiger partial charge in [0.05, 0.1) is 0 Å². The molecule has 120 valence electrons. The minimum atomic E-state index is -0.0722. The predicted molar refractivity (Wildman–Crippen MR) is 86.4 cm³/mol. The fourth-order valence-electron chi connectivity index (χ4n) is 3.20. The fourth-order valence-corrected chi connectivity index (χ4v) is 3.20. The van der Waals surface area contributed by atoms with Gasteiger partial charge in [0, 0.05) is 11.6 Å². The molecule has 1 fully saturated rings. The molecule has 1 aliphatic rings. The first-order valence-electron chi connectivity index (χ1n) is 8.00. The molecule has 0 bridgehead atoms. The van der Waals surface area contributed by atoms with Gasteiger partial charge in [-0.05, 0) is 55.9 Å². The Kier molecular flexibility index (Phi) is 5.58. The van der Waals surface area contributed by atoms with Crippen molar-refractivity contribution in [2.45, 2.75) is 52.5 Å². The third kappa shape index (κ3) is 4.09. The van der Waals surface area contributed by atoms with Gasteiger partial charge in [-0.3, -0.25) is 9.59 Å². The maximum atomic E-state index is 12.1. The van der Waals surface area contributed by atoms with Crippen LogP contribution in [-0.2, 0) is 4.79 Å². The summed E-state index contributed by atoms with van der Waals surface area (Å²) in [5, 5.41) is 3.08. The van der Waals surface area contributed by atoms with E-state index < -0.39 is 0 Å². The summed E-state index contributed by atoms with van der Waals surface area (Å²) in [5.41, 5.74) is 2.38. The third-order valence-electron chi connectivity index (χ3n) is 4.42. The number of carbonyl (C=O) groups excluding carboxylic acids is 2. The zero-order chi connectivity index (χ0) is 16.1. The molecule has 4 nitrogen and oxygen atoms in total. The molecule has 0 radical (unpaired) electrons. The number of hydrogen-bond donors (Lipinski definition) is 1. The average Bonchev–Trinajstić information content (AvgIpc) is 2.48. The van der Waals surface area contributed by atoms with Crippen LogP contribution in [0.2, 0.25) is 0 Å². The number of aryl methyl sites for hydroxylation is 2. The molecule has 0 aliphatic heterocycles. The highest BCUT2D eigenvalue weighted by molar-refractivity contribution is 5.78. The maximum absolute atomic E-state index is 12.1. The van der Waals surface area contributed by atoms with Gasteiger partial charge in [0.15, 0.2) is 6.61 Å². The molecule has 4 heteroatoms. The van der Waals surface area contributed by atoms with Crippen molar-refractivity contribution in [3.05, 3.63) is 28.8 Å². The molecule has 0 unspecified atom stereocenters. The van der Waals surface area contributed by atoms with Gasteiger partial charge in [0.2, 0.25) is 0 Å². The van der Waals surface area contributed by atoms with Gasteiger partial charge in [-0.25, -0.2) is 0 Å². The van der Waals surface area contributed by atoms with E-state index in [0.29, 0.717) is 17.2 Å². The monoisotopic (exact) mass is 303 g/mol. The summed E-state index contributed by atoms with van der Waals surface area (Å²) in [6.45, 7) is 5.98. The first-order chi connectivity index (χ1) is 10.5. The summed E-state index contributed by atoms with van der Waals surface area (Å²) in [4.78, 5) is 22.9. The molecule has 1 amide bonds. The summed E-state index contributed by atoms with van der Waals surface area (Å²) in [5.74, 6) is 1.16. The van der Waals surface area contributed by atoms with Gasteiger partial charge in [0.25, 0.3) is 5.91 Å². The second-order valence-corrected chi connectivity index (χ2v) is 6.33. The minimum absolute atomic E-state index is 0.0192. The first-order valence-corrected chi connectivity index (χ1v) is 8.00. The summed E-state index contributed by atoms with van der Waals surface area (Å²) in [6, 6.07) is 3.82. The molecule has 1 N–H and O–H groups in total.